The Labute approximate surface area is 184 Å². The van der Waals surface area contributed by atoms with Crippen molar-refractivity contribution in [1.29, 1.82) is 0 Å². The molecule has 3 unspecified atom stereocenters. The molecule has 30 heavy (non-hydrogen) atoms. The Morgan fingerprint density at radius 1 is 0.967 bits per heavy atom. The Morgan fingerprint density at radius 2 is 1.43 bits per heavy atom. The highest BCUT2D eigenvalue weighted by Crippen LogP contribution is 2.34. The van der Waals surface area contributed by atoms with Crippen LogP contribution in [0.1, 0.15) is 87.5 Å². The van der Waals surface area contributed by atoms with E-state index in [0.29, 0.717) is 6.42 Å². The van der Waals surface area contributed by atoms with Crippen molar-refractivity contribution in [2.45, 2.75) is 93.1 Å². The second-order valence-electron chi connectivity index (χ2n) is 8.75. The average Bonchev–Trinajstić information content (AvgIpc) is 2.66. The molecule has 0 radical (unpaired) electrons. The number of rotatable bonds is 12. The first-order chi connectivity index (χ1) is 13.8. The molecule has 0 spiro atoms. The summed E-state index contributed by atoms with van der Waals surface area (Å²) in [5.41, 5.74) is 1.70. The van der Waals surface area contributed by atoms with Crippen molar-refractivity contribution < 1.29 is 19.4 Å². The molecule has 0 aromatic rings. The van der Waals surface area contributed by atoms with Crippen molar-refractivity contribution in [3.8, 4) is 0 Å². The lowest BCUT2D eigenvalue weighted by Gasteiger charge is -2.29. The van der Waals surface area contributed by atoms with Gasteiger partial charge in [-0.1, -0.05) is 56.7 Å². The van der Waals surface area contributed by atoms with Gasteiger partial charge in [0.15, 0.2) is 0 Å². The van der Waals surface area contributed by atoms with E-state index in [4.69, 9.17) is 9.84 Å². The van der Waals surface area contributed by atoms with E-state index >= 15 is 0 Å². The molecule has 0 aliphatic heterocycles. The Morgan fingerprint density at radius 3 is 1.77 bits per heavy atom. The lowest BCUT2D eigenvalue weighted by molar-refractivity contribution is -0.153. The van der Waals surface area contributed by atoms with E-state index in [9.17, 15) is 9.59 Å². The number of ether oxygens (including phenoxy) is 1. The number of esters is 1. The molecular weight excluding hydrogens is 376 g/mol. The number of carbonyl (C=O) groups is 2. The molecule has 0 rings (SSSR count). The monoisotopic (exact) mass is 420 g/mol. The van der Waals surface area contributed by atoms with Crippen molar-refractivity contribution in [3.63, 3.8) is 0 Å². The zero-order chi connectivity index (χ0) is 24.0. The van der Waals surface area contributed by atoms with Gasteiger partial charge in [-0.3, -0.25) is 9.59 Å². The number of hydrogen-bond donors (Lipinski definition) is 1. The molecule has 0 bridgehead atoms. The summed E-state index contributed by atoms with van der Waals surface area (Å²) in [5, 5.41) is 8.99. The largest absolute Gasteiger partial charge is 0.481 e. The van der Waals surface area contributed by atoms with Gasteiger partial charge in [-0.05, 0) is 71.8 Å². The Bertz CT molecular complexity index is 619. The Kier molecular flexibility index (Phi) is 14.9. The quantitative estimate of drug-likeness (QED) is 0.266. The minimum atomic E-state index is -0.755. The van der Waals surface area contributed by atoms with Crippen molar-refractivity contribution in [2.24, 2.45) is 11.3 Å². The Hall–Kier alpha value is -2.10. The zero-order valence-electron chi connectivity index (χ0n) is 20.5. The van der Waals surface area contributed by atoms with E-state index in [1.54, 1.807) is 26.0 Å². The predicted molar refractivity (Wildman–Crippen MR) is 127 cm³/mol. The fourth-order valence-corrected chi connectivity index (χ4v) is 2.62. The molecule has 4 nitrogen and oxygen atoms in total. The summed E-state index contributed by atoms with van der Waals surface area (Å²) in [6.07, 6.45) is 11.6. The van der Waals surface area contributed by atoms with Crippen LogP contribution < -0.4 is 0 Å². The first-order valence-corrected chi connectivity index (χ1v) is 10.8. The third-order valence-corrected chi connectivity index (χ3v) is 5.32. The van der Waals surface area contributed by atoms with E-state index in [-0.39, 0.29) is 17.3 Å². The van der Waals surface area contributed by atoms with Crippen LogP contribution in [0.5, 0.6) is 0 Å². The van der Waals surface area contributed by atoms with E-state index in [0.717, 1.165) is 25.7 Å². The summed E-state index contributed by atoms with van der Waals surface area (Å²) in [4.78, 5) is 22.1. The summed E-state index contributed by atoms with van der Waals surface area (Å²) in [6, 6.07) is 0. The molecule has 4 heteroatoms. The third kappa shape index (κ3) is 13.2. The highest BCUT2D eigenvalue weighted by molar-refractivity contribution is 5.71. The molecule has 3 atom stereocenters. The van der Waals surface area contributed by atoms with Crippen molar-refractivity contribution in [3.05, 3.63) is 48.6 Å². The molecule has 0 aliphatic rings. The van der Waals surface area contributed by atoms with Crippen LogP contribution >= 0.6 is 0 Å². The SMILES string of the molecule is C=CC(C)(CCC=C(C)C)C(C)C(=O)O.C=CC(C)(CCC=C(C)C)OC(=O)CC. The van der Waals surface area contributed by atoms with Gasteiger partial charge in [0.05, 0.1) is 5.92 Å². The van der Waals surface area contributed by atoms with Crippen LogP contribution in [-0.4, -0.2) is 22.6 Å². The van der Waals surface area contributed by atoms with Crippen molar-refractivity contribution >= 4 is 11.9 Å². The van der Waals surface area contributed by atoms with E-state index in [1.165, 1.54) is 11.1 Å². The summed E-state index contributed by atoms with van der Waals surface area (Å²) < 4.78 is 5.33. The fourth-order valence-electron chi connectivity index (χ4n) is 2.62. The highest BCUT2D eigenvalue weighted by Gasteiger charge is 2.32. The summed E-state index contributed by atoms with van der Waals surface area (Å²) in [5.74, 6) is -1.32. The van der Waals surface area contributed by atoms with E-state index < -0.39 is 11.6 Å². The van der Waals surface area contributed by atoms with Gasteiger partial charge >= 0.3 is 11.9 Å². The number of aliphatic carboxylic acids is 1. The lowest BCUT2D eigenvalue weighted by atomic mass is 9.74. The van der Waals surface area contributed by atoms with Crippen LogP contribution in [-0.2, 0) is 14.3 Å². The van der Waals surface area contributed by atoms with Gasteiger partial charge in [-0.2, -0.15) is 0 Å². The van der Waals surface area contributed by atoms with Crippen molar-refractivity contribution in [2.75, 3.05) is 0 Å². The molecule has 0 amide bonds. The molecule has 0 aliphatic carbocycles. The number of carboxylic acid groups (broad SMARTS) is 1. The molecule has 0 saturated carbocycles. The molecule has 0 saturated heterocycles. The van der Waals surface area contributed by atoms with Crippen molar-refractivity contribution in [1.82, 2.24) is 0 Å². The second-order valence-corrected chi connectivity index (χ2v) is 8.75. The molecular formula is C26H44O4. The van der Waals surface area contributed by atoms with Crippen LogP contribution in [0.3, 0.4) is 0 Å². The third-order valence-electron chi connectivity index (χ3n) is 5.32. The van der Waals surface area contributed by atoms with Crippen LogP contribution in [0.4, 0.5) is 0 Å². The summed E-state index contributed by atoms with van der Waals surface area (Å²) in [6.45, 7) is 23.1. The molecule has 1 N–H and O–H groups in total. The second kappa shape index (κ2) is 14.8. The Balaban J connectivity index is 0. The number of carbonyl (C=O) groups excluding carboxylic acids is 1. The van der Waals surface area contributed by atoms with Gasteiger partial charge in [0.25, 0.3) is 0 Å². The number of hydrogen-bond acceptors (Lipinski definition) is 3. The van der Waals surface area contributed by atoms with Gasteiger partial charge in [0.2, 0.25) is 0 Å². The zero-order valence-corrected chi connectivity index (χ0v) is 20.5. The van der Waals surface area contributed by atoms with Crippen LogP contribution in [0.25, 0.3) is 0 Å². The van der Waals surface area contributed by atoms with E-state index in [2.05, 4.69) is 39.2 Å². The first kappa shape index (κ1) is 30.1. The van der Waals surface area contributed by atoms with E-state index in [1.807, 2.05) is 27.7 Å². The highest BCUT2D eigenvalue weighted by atomic mass is 16.6. The summed E-state index contributed by atoms with van der Waals surface area (Å²) >= 11 is 0. The van der Waals surface area contributed by atoms with Crippen LogP contribution in [0.15, 0.2) is 48.6 Å². The number of allylic oxidation sites excluding steroid dienone is 5. The first-order valence-electron chi connectivity index (χ1n) is 10.8. The van der Waals surface area contributed by atoms with Gasteiger partial charge in [-0.25, -0.2) is 0 Å². The molecule has 0 heterocycles. The standard InChI is InChI=1S/2C13H22O2/c1-6-13(5,11(4)12(14)15)9-7-8-10(2)3;1-6-12(14)15-13(5,7-2)10-8-9-11(3)4/h6,8,11H,1,7,9H2,2-5H3,(H,14,15);7,9H,2,6,8,10H2,1,3-5H3. The molecule has 172 valence electrons. The minimum absolute atomic E-state index is 0.172. The normalized spacial score (nSPS) is 15.1. The smallest absolute Gasteiger partial charge is 0.307 e. The lowest BCUT2D eigenvalue weighted by Crippen LogP contribution is -2.29. The molecule has 0 aromatic heterocycles. The average molecular weight is 421 g/mol. The maximum atomic E-state index is 11.2. The predicted octanol–water partition coefficient (Wildman–Crippen LogP) is 7.28. The fraction of sp³-hybridized carbons (Fsp3) is 0.615. The van der Waals surface area contributed by atoms with Gasteiger partial charge in [-0.15, -0.1) is 6.58 Å². The van der Waals surface area contributed by atoms with Crippen LogP contribution in [0, 0.1) is 11.3 Å². The molecule has 0 aromatic carbocycles. The van der Waals surface area contributed by atoms with Crippen LogP contribution in [0.2, 0.25) is 0 Å². The summed E-state index contributed by atoms with van der Waals surface area (Å²) in [7, 11) is 0. The minimum Gasteiger partial charge on any atom is -0.481 e. The maximum absolute atomic E-state index is 11.2. The van der Waals surface area contributed by atoms with Gasteiger partial charge < -0.3 is 9.84 Å². The molecule has 0 fully saturated rings. The maximum Gasteiger partial charge on any atom is 0.307 e. The van der Waals surface area contributed by atoms with Gasteiger partial charge in [0, 0.05) is 6.42 Å². The van der Waals surface area contributed by atoms with Gasteiger partial charge in [0.1, 0.15) is 5.60 Å². The topological polar surface area (TPSA) is 63.6 Å². The number of carboxylic acids is 1.